The molecule has 2 atom stereocenters. The smallest absolute Gasteiger partial charge is 0.335 e. The van der Waals surface area contributed by atoms with Crippen molar-refractivity contribution < 1.29 is 24.7 Å². The van der Waals surface area contributed by atoms with Crippen LogP contribution in [0, 0.1) is 18.3 Å². The van der Waals surface area contributed by atoms with E-state index >= 15 is 0 Å². The molecular weight excluding hydrogens is 386 g/mol. The Morgan fingerprint density at radius 1 is 1.20 bits per heavy atom. The molecule has 2 heterocycles. The number of piperidine rings is 2. The predicted octanol–water partition coefficient (Wildman–Crippen LogP) is 1.66. The fraction of sp³-hybridized carbons (Fsp3) is 0.591. The van der Waals surface area contributed by atoms with E-state index in [4.69, 9.17) is 5.21 Å². The highest BCUT2D eigenvalue weighted by Gasteiger charge is 2.52. The van der Waals surface area contributed by atoms with E-state index in [0.717, 1.165) is 43.4 Å². The third kappa shape index (κ3) is 3.94. The van der Waals surface area contributed by atoms with Crippen molar-refractivity contribution in [2.75, 3.05) is 19.6 Å². The van der Waals surface area contributed by atoms with Gasteiger partial charge in [0, 0.05) is 19.6 Å². The molecule has 30 heavy (non-hydrogen) atoms. The molecule has 1 aromatic carbocycles. The summed E-state index contributed by atoms with van der Waals surface area (Å²) in [5.41, 5.74) is 4.23. The summed E-state index contributed by atoms with van der Waals surface area (Å²) in [6, 6.07) is 4.60. The zero-order valence-corrected chi connectivity index (χ0v) is 17.2. The number of nitrogens with one attached hydrogen (secondary N) is 2. The standard InChI is InChI=1S/C22H29N3O5/c1-13-2-3-15(21(28)29)10-16(13)14-4-8-25(9-5-14)20(27)18-17(19(26)24-30)11-22(6-7-22)12-23-18/h2-3,10,14,17-18,23,30H,4-9,11-12H2,1H3,(H,24,26)(H,28,29). The predicted molar refractivity (Wildman–Crippen MR) is 108 cm³/mol. The van der Waals surface area contributed by atoms with E-state index < -0.39 is 23.8 Å². The summed E-state index contributed by atoms with van der Waals surface area (Å²) in [7, 11) is 0. The van der Waals surface area contributed by atoms with Crippen LogP contribution in [-0.2, 0) is 9.59 Å². The van der Waals surface area contributed by atoms with Gasteiger partial charge in [-0.3, -0.25) is 14.8 Å². The lowest BCUT2D eigenvalue weighted by Gasteiger charge is -2.40. The second-order valence-corrected chi connectivity index (χ2v) is 9.12. The number of hydrogen-bond acceptors (Lipinski definition) is 5. The SMILES string of the molecule is Cc1ccc(C(=O)O)cc1C1CCN(C(=O)C2NCC3(CC3)CC2C(=O)NO)CC1. The minimum absolute atomic E-state index is 0.0893. The van der Waals surface area contributed by atoms with E-state index in [1.54, 1.807) is 22.5 Å². The zero-order valence-electron chi connectivity index (χ0n) is 17.2. The van der Waals surface area contributed by atoms with Gasteiger partial charge in [-0.15, -0.1) is 0 Å². The number of aryl methyl sites for hydroxylation is 1. The van der Waals surface area contributed by atoms with Crippen molar-refractivity contribution in [3.8, 4) is 0 Å². The maximum atomic E-state index is 13.2. The van der Waals surface area contributed by atoms with Crippen LogP contribution < -0.4 is 10.8 Å². The summed E-state index contributed by atoms with van der Waals surface area (Å²) in [5.74, 6) is -1.88. The molecule has 162 valence electrons. The second kappa shape index (κ2) is 8.00. The molecule has 2 unspecified atom stereocenters. The molecule has 1 aliphatic carbocycles. The number of carboxylic acid groups (broad SMARTS) is 1. The van der Waals surface area contributed by atoms with Crippen LogP contribution in [0.4, 0.5) is 0 Å². The van der Waals surface area contributed by atoms with Crippen molar-refractivity contribution in [3.05, 3.63) is 34.9 Å². The number of hydroxylamine groups is 1. The van der Waals surface area contributed by atoms with Crippen LogP contribution in [-0.4, -0.2) is 58.7 Å². The highest BCUT2D eigenvalue weighted by molar-refractivity contribution is 5.90. The van der Waals surface area contributed by atoms with Crippen molar-refractivity contribution in [1.29, 1.82) is 0 Å². The van der Waals surface area contributed by atoms with Gasteiger partial charge in [-0.1, -0.05) is 6.07 Å². The van der Waals surface area contributed by atoms with Gasteiger partial charge in [0.2, 0.25) is 11.8 Å². The number of carbonyl (C=O) groups excluding carboxylic acids is 2. The molecule has 3 fully saturated rings. The zero-order chi connectivity index (χ0) is 21.5. The first-order chi connectivity index (χ1) is 14.3. The molecule has 2 amide bonds. The number of carboxylic acids is 1. The monoisotopic (exact) mass is 415 g/mol. The Morgan fingerprint density at radius 2 is 1.90 bits per heavy atom. The topological polar surface area (TPSA) is 119 Å². The first kappa shape index (κ1) is 20.8. The highest BCUT2D eigenvalue weighted by Crippen LogP contribution is 2.52. The number of benzene rings is 1. The van der Waals surface area contributed by atoms with Crippen molar-refractivity contribution in [2.45, 2.75) is 51.0 Å². The quantitative estimate of drug-likeness (QED) is 0.439. The summed E-state index contributed by atoms with van der Waals surface area (Å²) in [5, 5.41) is 21.7. The lowest BCUT2D eigenvalue weighted by atomic mass is 9.80. The van der Waals surface area contributed by atoms with E-state index in [1.807, 2.05) is 13.0 Å². The van der Waals surface area contributed by atoms with Crippen LogP contribution >= 0.6 is 0 Å². The van der Waals surface area contributed by atoms with Crippen molar-refractivity contribution in [2.24, 2.45) is 11.3 Å². The Labute approximate surface area is 175 Å². The number of carbonyl (C=O) groups is 3. The lowest BCUT2D eigenvalue weighted by Crippen LogP contribution is -2.59. The van der Waals surface area contributed by atoms with Crippen LogP contribution in [0.15, 0.2) is 18.2 Å². The number of rotatable bonds is 4. The number of aromatic carboxylic acids is 1. The number of likely N-dealkylation sites (tertiary alicyclic amines) is 1. The number of hydrogen-bond donors (Lipinski definition) is 4. The molecule has 4 rings (SSSR count). The highest BCUT2D eigenvalue weighted by atomic mass is 16.5. The maximum absolute atomic E-state index is 13.2. The molecule has 1 aromatic rings. The summed E-state index contributed by atoms with van der Waals surface area (Å²) in [6.45, 7) is 3.85. The third-order valence-corrected chi connectivity index (χ3v) is 7.20. The molecule has 3 aliphatic rings. The second-order valence-electron chi connectivity index (χ2n) is 9.12. The van der Waals surface area contributed by atoms with E-state index in [0.29, 0.717) is 19.5 Å². The molecule has 8 nitrogen and oxygen atoms in total. The largest absolute Gasteiger partial charge is 0.478 e. The molecule has 2 aliphatic heterocycles. The van der Waals surface area contributed by atoms with Crippen LogP contribution in [0.3, 0.4) is 0 Å². The number of nitrogens with zero attached hydrogens (tertiary/aromatic N) is 1. The van der Waals surface area contributed by atoms with E-state index in [-0.39, 0.29) is 22.8 Å². The van der Waals surface area contributed by atoms with Gasteiger partial charge < -0.3 is 15.3 Å². The normalized spacial score (nSPS) is 25.7. The Morgan fingerprint density at radius 3 is 2.50 bits per heavy atom. The molecular formula is C22H29N3O5. The van der Waals surface area contributed by atoms with Crippen LogP contribution in [0.5, 0.6) is 0 Å². The van der Waals surface area contributed by atoms with Crippen LogP contribution in [0.25, 0.3) is 0 Å². The number of amides is 2. The Bertz CT molecular complexity index is 858. The molecule has 8 heteroatoms. The van der Waals surface area contributed by atoms with Gasteiger partial charge in [0.15, 0.2) is 0 Å². The first-order valence-electron chi connectivity index (χ1n) is 10.6. The molecule has 4 N–H and O–H groups in total. The summed E-state index contributed by atoms with van der Waals surface area (Å²) < 4.78 is 0. The molecule has 0 bridgehead atoms. The maximum Gasteiger partial charge on any atom is 0.335 e. The van der Waals surface area contributed by atoms with Gasteiger partial charge in [0.25, 0.3) is 0 Å². The van der Waals surface area contributed by atoms with Crippen molar-refractivity contribution in [1.82, 2.24) is 15.7 Å². The van der Waals surface area contributed by atoms with Crippen molar-refractivity contribution in [3.63, 3.8) is 0 Å². The van der Waals surface area contributed by atoms with Gasteiger partial charge in [-0.05, 0) is 73.6 Å². The van der Waals surface area contributed by atoms with Crippen molar-refractivity contribution >= 4 is 17.8 Å². The third-order valence-electron chi connectivity index (χ3n) is 7.20. The minimum Gasteiger partial charge on any atom is -0.478 e. The van der Waals surface area contributed by atoms with Gasteiger partial charge >= 0.3 is 5.97 Å². The van der Waals surface area contributed by atoms with E-state index in [1.165, 1.54) is 0 Å². The first-order valence-corrected chi connectivity index (χ1v) is 10.6. The minimum atomic E-state index is -0.936. The lowest BCUT2D eigenvalue weighted by molar-refractivity contribution is -0.145. The molecule has 1 saturated carbocycles. The Hall–Kier alpha value is -2.45. The van der Waals surface area contributed by atoms with E-state index in [2.05, 4.69) is 5.32 Å². The van der Waals surface area contributed by atoms with Gasteiger partial charge in [-0.25, -0.2) is 10.3 Å². The average molecular weight is 415 g/mol. The molecule has 1 spiro atoms. The van der Waals surface area contributed by atoms with Gasteiger partial charge in [0.1, 0.15) is 0 Å². The average Bonchev–Trinajstić information content (AvgIpc) is 3.51. The van der Waals surface area contributed by atoms with Gasteiger partial charge in [-0.2, -0.15) is 0 Å². The Kier molecular flexibility index (Phi) is 5.55. The Balaban J connectivity index is 1.42. The van der Waals surface area contributed by atoms with E-state index in [9.17, 15) is 19.5 Å². The molecule has 2 saturated heterocycles. The molecule has 0 radical (unpaired) electrons. The van der Waals surface area contributed by atoms with Gasteiger partial charge in [0.05, 0.1) is 17.5 Å². The summed E-state index contributed by atoms with van der Waals surface area (Å²) in [6.07, 6.45) is 4.24. The van der Waals surface area contributed by atoms with Crippen LogP contribution in [0.2, 0.25) is 0 Å². The summed E-state index contributed by atoms with van der Waals surface area (Å²) >= 11 is 0. The van der Waals surface area contributed by atoms with Crippen LogP contribution in [0.1, 0.15) is 59.5 Å². The fourth-order valence-corrected chi connectivity index (χ4v) is 5.09. The summed E-state index contributed by atoms with van der Waals surface area (Å²) in [4.78, 5) is 38.5. The fourth-order valence-electron chi connectivity index (χ4n) is 5.09. The molecule has 0 aromatic heterocycles.